The minimum atomic E-state index is -0.139. The van der Waals surface area contributed by atoms with E-state index in [1.807, 2.05) is 36.4 Å². The molecule has 0 spiro atoms. The number of carbonyl (C=O) groups excluding carboxylic acids is 1. The number of nitrogens with zero attached hydrogens (tertiary/aromatic N) is 4. The van der Waals surface area contributed by atoms with Crippen molar-refractivity contribution >= 4 is 17.3 Å². The van der Waals surface area contributed by atoms with Gasteiger partial charge in [-0.2, -0.15) is 0 Å². The first kappa shape index (κ1) is 16.3. The summed E-state index contributed by atoms with van der Waals surface area (Å²) in [6, 6.07) is 15.2. The van der Waals surface area contributed by atoms with Crippen LogP contribution in [0.15, 0.2) is 61.2 Å². The summed E-state index contributed by atoms with van der Waals surface area (Å²) in [5, 5.41) is 10.5. The van der Waals surface area contributed by atoms with Gasteiger partial charge in [-0.05, 0) is 48.5 Å². The maximum atomic E-state index is 12.4. The van der Waals surface area contributed by atoms with E-state index < -0.39 is 0 Å². The molecule has 1 N–H and O–H groups in total. The molecule has 0 radical (unpaired) electrons. The second kappa shape index (κ2) is 7.37. The molecule has 0 aliphatic carbocycles. The molecule has 1 amide bonds. The van der Waals surface area contributed by atoms with Gasteiger partial charge in [-0.15, -0.1) is 10.2 Å². The highest BCUT2D eigenvalue weighted by atomic mass is 16.5. The Bertz CT molecular complexity index is 854. The summed E-state index contributed by atoms with van der Waals surface area (Å²) in [5.74, 6) is -0.139. The summed E-state index contributed by atoms with van der Waals surface area (Å²) < 4.78 is 7.16. The lowest BCUT2D eigenvalue weighted by Crippen LogP contribution is -2.36. The Kier molecular flexibility index (Phi) is 4.61. The van der Waals surface area contributed by atoms with Gasteiger partial charge in [-0.3, -0.25) is 9.36 Å². The molecule has 7 heteroatoms. The van der Waals surface area contributed by atoms with Crippen LogP contribution in [0.3, 0.4) is 0 Å². The van der Waals surface area contributed by atoms with Gasteiger partial charge in [0.15, 0.2) is 0 Å². The minimum Gasteiger partial charge on any atom is -0.378 e. The molecule has 0 bridgehead atoms. The third kappa shape index (κ3) is 3.57. The van der Waals surface area contributed by atoms with Crippen molar-refractivity contribution in [1.29, 1.82) is 0 Å². The molecule has 3 aromatic rings. The maximum Gasteiger partial charge on any atom is 0.255 e. The number of benzene rings is 2. The number of amides is 1. The molecule has 1 aliphatic rings. The summed E-state index contributed by atoms with van der Waals surface area (Å²) in [5.41, 5.74) is 3.42. The van der Waals surface area contributed by atoms with Crippen LogP contribution in [0.1, 0.15) is 10.4 Å². The molecule has 1 fully saturated rings. The fourth-order valence-corrected chi connectivity index (χ4v) is 2.90. The van der Waals surface area contributed by atoms with Gasteiger partial charge in [-0.1, -0.05) is 0 Å². The van der Waals surface area contributed by atoms with Crippen molar-refractivity contribution < 1.29 is 9.53 Å². The first-order valence-electron chi connectivity index (χ1n) is 8.49. The SMILES string of the molecule is O=C(Nc1ccc(N2CCOCC2)cc1)c1ccc(-n2cnnc2)cc1. The van der Waals surface area contributed by atoms with Crippen LogP contribution in [0.25, 0.3) is 5.69 Å². The first-order valence-corrected chi connectivity index (χ1v) is 8.49. The summed E-state index contributed by atoms with van der Waals surface area (Å²) in [6.07, 6.45) is 3.23. The van der Waals surface area contributed by atoms with Crippen LogP contribution in [-0.4, -0.2) is 47.0 Å². The number of carbonyl (C=O) groups is 1. The monoisotopic (exact) mass is 349 g/mol. The fraction of sp³-hybridized carbons (Fsp3) is 0.211. The number of ether oxygens (including phenoxy) is 1. The van der Waals surface area contributed by atoms with Crippen LogP contribution in [0, 0.1) is 0 Å². The van der Waals surface area contributed by atoms with Crippen molar-refractivity contribution in [1.82, 2.24) is 14.8 Å². The standard InChI is InChI=1S/C19H19N5O2/c25-19(15-1-5-18(6-2-15)24-13-20-21-14-24)22-16-3-7-17(8-4-16)23-9-11-26-12-10-23/h1-8,13-14H,9-12H2,(H,22,25). The van der Waals surface area contributed by atoms with Crippen molar-refractivity contribution in [2.24, 2.45) is 0 Å². The van der Waals surface area contributed by atoms with Gasteiger partial charge >= 0.3 is 0 Å². The van der Waals surface area contributed by atoms with E-state index in [4.69, 9.17) is 4.74 Å². The van der Waals surface area contributed by atoms with Gasteiger partial charge in [0.1, 0.15) is 12.7 Å². The van der Waals surface area contributed by atoms with E-state index in [1.165, 1.54) is 0 Å². The van der Waals surface area contributed by atoms with E-state index in [2.05, 4.69) is 20.4 Å². The average molecular weight is 349 g/mol. The molecule has 2 aromatic carbocycles. The van der Waals surface area contributed by atoms with Gasteiger partial charge in [-0.25, -0.2) is 0 Å². The molecule has 26 heavy (non-hydrogen) atoms. The van der Waals surface area contributed by atoms with Crippen LogP contribution in [0.4, 0.5) is 11.4 Å². The Balaban J connectivity index is 1.41. The summed E-state index contributed by atoms with van der Waals surface area (Å²) in [6.45, 7) is 3.29. The minimum absolute atomic E-state index is 0.139. The molecule has 1 saturated heterocycles. The van der Waals surface area contributed by atoms with E-state index in [0.717, 1.165) is 43.4 Å². The van der Waals surface area contributed by atoms with E-state index in [9.17, 15) is 4.79 Å². The number of rotatable bonds is 4. The fourth-order valence-electron chi connectivity index (χ4n) is 2.90. The number of morpholine rings is 1. The van der Waals surface area contributed by atoms with Gasteiger partial charge < -0.3 is 15.0 Å². The molecule has 132 valence electrons. The van der Waals surface area contributed by atoms with E-state index in [0.29, 0.717) is 5.56 Å². The predicted molar refractivity (Wildman–Crippen MR) is 98.8 cm³/mol. The molecule has 4 rings (SSSR count). The van der Waals surface area contributed by atoms with Crippen LogP contribution in [-0.2, 0) is 4.74 Å². The zero-order valence-electron chi connectivity index (χ0n) is 14.2. The summed E-state index contributed by atoms with van der Waals surface area (Å²) >= 11 is 0. The Morgan fingerprint density at radius 1 is 0.885 bits per heavy atom. The zero-order chi connectivity index (χ0) is 17.8. The largest absolute Gasteiger partial charge is 0.378 e. The van der Waals surface area contributed by atoms with E-state index in [-0.39, 0.29) is 5.91 Å². The maximum absolute atomic E-state index is 12.4. The summed E-state index contributed by atoms with van der Waals surface area (Å²) in [7, 11) is 0. The first-order chi connectivity index (χ1) is 12.8. The van der Waals surface area contributed by atoms with Crippen LogP contribution >= 0.6 is 0 Å². The van der Waals surface area contributed by atoms with Crippen LogP contribution in [0.5, 0.6) is 0 Å². The quantitative estimate of drug-likeness (QED) is 0.783. The number of hydrogen-bond donors (Lipinski definition) is 1. The molecule has 0 saturated carbocycles. The highest BCUT2D eigenvalue weighted by molar-refractivity contribution is 6.04. The van der Waals surface area contributed by atoms with Crippen molar-refractivity contribution in [3.05, 3.63) is 66.7 Å². The third-order valence-corrected chi connectivity index (χ3v) is 4.35. The lowest BCUT2D eigenvalue weighted by atomic mass is 10.2. The number of aromatic nitrogens is 3. The lowest BCUT2D eigenvalue weighted by Gasteiger charge is -2.28. The van der Waals surface area contributed by atoms with E-state index >= 15 is 0 Å². The highest BCUT2D eigenvalue weighted by Crippen LogP contribution is 2.19. The van der Waals surface area contributed by atoms with Crippen molar-refractivity contribution in [3.63, 3.8) is 0 Å². The van der Waals surface area contributed by atoms with Crippen molar-refractivity contribution in [2.45, 2.75) is 0 Å². The van der Waals surface area contributed by atoms with Crippen molar-refractivity contribution in [2.75, 3.05) is 36.5 Å². The number of anilines is 2. The third-order valence-electron chi connectivity index (χ3n) is 4.35. The van der Waals surface area contributed by atoms with Gasteiger partial charge in [0, 0.05) is 35.7 Å². The number of nitrogens with one attached hydrogen (secondary N) is 1. The Morgan fingerprint density at radius 3 is 2.15 bits per heavy atom. The Hall–Kier alpha value is -3.19. The van der Waals surface area contributed by atoms with Gasteiger partial charge in [0.25, 0.3) is 5.91 Å². The smallest absolute Gasteiger partial charge is 0.255 e. The predicted octanol–water partition coefficient (Wildman–Crippen LogP) is 2.36. The summed E-state index contributed by atoms with van der Waals surface area (Å²) in [4.78, 5) is 14.7. The zero-order valence-corrected chi connectivity index (χ0v) is 14.2. The normalized spacial score (nSPS) is 14.2. The Labute approximate surface area is 151 Å². The molecule has 1 aromatic heterocycles. The van der Waals surface area contributed by atoms with Crippen LogP contribution < -0.4 is 10.2 Å². The molecule has 2 heterocycles. The molecule has 1 aliphatic heterocycles. The number of hydrogen-bond acceptors (Lipinski definition) is 5. The van der Waals surface area contributed by atoms with Gasteiger partial charge in [0.05, 0.1) is 13.2 Å². The van der Waals surface area contributed by atoms with Gasteiger partial charge in [0.2, 0.25) is 0 Å². The second-order valence-electron chi connectivity index (χ2n) is 6.02. The lowest BCUT2D eigenvalue weighted by molar-refractivity contribution is 0.102. The average Bonchev–Trinajstić information content (AvgIpc) is 3.24. The molecule has 7 nitrogen and oxygen atoms in total. The topological polar surface area (TPSA) is 72.3 Å². The highest BCUT2D eigenvalue weighted by Gasteiger charge is 2.11. The van der Waals surface area contributed by atoms with Crippen LogP contribution in [0.2, 0.25) is 0 Å². The van der Waals surface area contributed by atoms with Crippen molar-refractivity contribution in [3.8, 4) is 5.69 Å². The molecule has 0 unspecified atom stereocenters. The molecule has 0 atom stereocenters. The van der Waals surface area contributed by atoms with E-state index in [1.54, 1.807) is 29.4 Å². The second-order valence-corrected chi connectivity index (χ2v) is 6.02. The molecular formula is C19H19N5O2. The molecular weight excluding hydrogens is 330 g/mol. The Morgan fingerprint density at radius 2 is 1.50 bits per heavy atom.